The number of hydrogen-bond donors (Lipinski definition) is 1. The molecule has 2 rings (SSSR count). The molecule has 1 aliphatic rings. The van der Waals surface area contributed by atoms with Crippen molar-refractivity contribution in [3.05, 3.63) is 23.3 Å². The van der Waals surface area contributed by atoms with Crippen LogP contribution in [0.4, 0.5) is 0 Å². The Hall–Kier alpha value is -1.30. The number of aliphatic hydroxyl groups is 1. The Morgan fingerprint density at radius 1 is 1.23 bits per heavy atom. The maximum atomic E-state index is 8.89. The molecule has 1 heterocycles. The van der Waals surface area contributed by atoms with Crippen molar-refractivity contribution < 1.29 is 24.1 Å². The van der Waals surface area contributed by atoms with E-state index in [0.717, 1.165) is 17.1 Å². The number of aliphatic hydroxyl groups excluding tert-OH is 1. The van der Waals surface area contributed by atoms with E-state index in [-0.39, 0.29) is 12.7 Å². The van der Waals surface area contributed by atoms with E-state index in [9.17, 15) is 0 Å². The summed E-state index contributed by atoms with van der Waals surface area (Å²) in [6, 6.07) is 3.94. The summed E-state index contributed by atoms with van der Waals surface area (Å²) < 4.78 is 22.5. The van der Waals surface area contributed by atoms with Crippen LogP contribution >= 0.6 is 0 Å². The third kappa shape index (κ3) is 3.54. The van der Waals surface area contributed by atoms with Gasteiger partial charge in [-0.05, 0) is 23.5 Å². The zero-order valence-corrected chi connectivity index (χ0v) is 13.8. The van der Waals surface area contributed by atoms with Crippen molar-refractivity contribution in [1.29, 1.82) is 0 Å². The lowest BCUT2D eigenvalue weighted by Gasteiger charge is -2.22. The summed E-state index contributed by atoms with van der Waals surface area (Å²) in [6.07, 6.45) is -0.199. The summed E-state index contributed by atoms with van der Waals surface area (Å²) in [6.45, 7) is 5.75. The van der Waals surface area contributed by atoms with Gasteiger partial charge in [0.05, 0.1) is 40.6 Å². The summed E-state index contributed by atoms with van der Waals surface area (Å²) >= 11 is 0. The number of methoxy groups -OCH3 is 2. The first-order valence-electron chi connectivity index (χ1n) is 7.68. The molecule has 124 valence electrons. The predicted octanol–water partition coefficient (Wildman–Crippen LogP) is 2.52. The van der Waals surface area contributed by atoms with E-state index in [0.29, 0.717) is 31.7 Å². The maximum absolute atomic E-state index is 8.89. The molecule has 3 atom stereocenters. The molecule has 0 radical (unpaired) electrons. The van der Waals surface area contributed by atoms with E-state index in [2.05, 4.69) is 19.9 Å². The molecule has 1 N–H and O–H groups in total. The van der Waals surface area contributed by atoms with Gasteiger partial charge in [-0.3, -0.25) is 0 Å². The van der Waals surface area contributed by atoms with Crippen LogP contribution < -0.4 is 9.47 Å². The number of hydrogen-bond acceptors (Lipinski definition) is 5. The average Bonchev–Trinajstić information content (AvgIpc) is 2.66. The van der Waals surface area contributed by atoms with Crippen molar-refractivity contribution >= 4 is 0 Å². The Bertz CT molecular complexity index is 488. The lowest BCUT2D eigenvalue weighted by atomic mass is 9.86. The second-order valence-corrected chi connectivity index (χ2v) is 5.72. The molecule has 1 aromatic rings. The van der Waals surface area contributed by atoms with E-state index >= 15 is 0 Å². The molecule has 3 unspecified atom stereocenters. The van der Waals surface area contributed by atoms with Crippen molar-refractivity contribution in [3.8, 4) is 11.5 Å². The summed E-state index contributed by atoms with van der Waals surface area (Å²) in [4.78, 5) is 0. The summed E-state index contributed by atoms with van der Waals surface area (Å²) in [5.74, 6) is 2.26. The molecule has 5 heteroatoms. The van der Waals surface area contributed by atoms with E-state index in [1.165, 1.54) is 5.56 Å². The summed E-state index contributed by atoms with van der Waals surface area (Å²) in [5, 5.41) is 8.89. The zero-order valence-electron chi connectivity index (χ0n) is 13.8. The Morgan fingerprint density at radius 3 is 2.64 bits per heavy atom. The topological polar surface area (TPSA) is 57.2 Å². The van der Waals surface area contributed by atoms with E-state index < -0.39 is 0 Å². The Labute approximate surface area is 132 Å². The van der Waals surface area contributed by atoms with Crippen LogP contribution in [0.15, 0.2) is 12.1 Å². The number of ether oxygens (including phenoxy) is 4. The first kappa shape index (κ1) is 17.1. The number of fused-ring (bicyclic) bond motifs is 1. The molecule has 0 aliphatic carbocycles. The molecule has 0 fully saturated rings. The number of benzene rings is 1. The van der Waals surface area contributed by atoms with Crippen LogP contribution in [0.1, 0.15) is 37.0 Å². The van der Waals surface area contributed by atoms with Crippen molar-refractivity contribution in [2.75, 3.05) is 40.6 Å². The zero-order chi connectivity index (χ0) is 16.1. The number of rotatable bonds is 6. The fraction of sp³-hybridized carbons (Fsp3) is 0.647. The van der Waals surface area contributed by atoms with Gasteiger partial charge in [-0.2, -0.15) is 0 Å². The highest BCUT2D eigenvalue weighted by Gasteiger charge is 2.31. The molecule has 0 bridgehead atoms. The minimum atomic E-state index is -0.199. The van der Waals surface area contributed by atoms with Crippen LogP contribution in [0, 0.1) is 5.92 Å². The largest absolute Gasteiger partial charge is 0.497 e. The second kappa shape index (κ2) is 7.81. The Kier molecular flexibility index (Phi) is 6.06. The Balaban J connectivity index is 2.44. The highest BCUT2D eigenvalue weighted by Crippen LogP contribution is 2.43. The van der Waals surface area contributed by atoms with Crippen molar-refractivity contribution in [1.82, 2.24) is 0 Å². The summed E-state index contributed by atoms with van der Waals surface area (Å²) in [7, 11) is 3.31. The molecule has 0 saturated heterocycles. The summed E-state index contributed by atoms with van der Waals surface area (Å²) in [5.41, 5.74) is 2.21. The normalized spacial score (nSPS) is 24.5. The van der Waals surface area contributed by atoms with Crippen molar-refractivity contribution in [2.24, 2.45) is 5.92 Å². The molecule has 1 aromatic carbocycles. The van der Waals surface area contributed by atoms with Crippen LogP contribution in [-0.4, -0.2) is 45.8 Å². The van der Waals surface area contributed by atoms with Gasteiger partial charge >= 0.3 is 0 Å². The third-order valence-corrected chi connectivity index (χ3v) is 4.33. The van der Waals surface area contributed by atoms with Gasteiger partial charge in [-0.1, -0.05) is 13.8 Å². The standard InChI is InChI=1S/C17H26O5/c1-11-9-22-16(10-21-6-5-18)17-14(12(11)2)7-13(19-3)8-15(17)20-4/h7-8,11-12,16,18H,5-6,9-10H2,1-4H3. The first-order valence-corrected chi connectivity index (χ1v) is 7.68. The van der Waals surface area contributed by atoms with Crippen LogP contribution in [0.25, 0.3) is 0 Å². The monoisotopic (exact) mass is 310 g/mol. The van der Waals surface area contributed by atoms with Crippen LogP contribution in [-0.2, 0) is 9.47 Å². The van der Waals surface area contributed by atoms with Gasteiger partial charge in [0.15, 0.2) is 0 Å². The molecule has 22 heavy (non-hydrogen) atoms. The van der Waals surface area contributed by atoms with Gasteiger partial charge in [0.1, 0.15) is 17.6 Å². The lowest BCUT2D eigenvalue weighted by Crippen LogP contribution is -2.15. The quantitative estimate of drug-likeness (QED) is 0.818. The lowest BCUT2D eigenvalue weighted by molar-refractivity contribution is -0.0329. The SMILES string of the molecule is COc1cc(OC)c2c(c1)C(C)C(C)COC2COCCO. The molecular formula is C17H26O5. The minimum Gasteiger partial charge on any atom is -0.497 e. The van der Waals surface area contributed by atoms with Gasteiger partial charge in [0.2, 0.25) is 0 Å². The maximum Gasteiger partial charge on any atom is 0.128 e. The fourth-order valence-corrected chi connectivity index (χ4v) is 2.82. The van der Waals surface area contributed by atoms with E-state index in [1.54, 1.807) is 14.2 Å². The van der Waals surface area contributed by atoms with Gasteiger partial charge < -0.3 is 24.1 Å². The van der Waals surface area contributed by atoms with Crippen LogP contribution in [0.3, 0.4) is 0 Å². The fourth-order valence-electron chi connectivity index (χ4n) is 2.82. The van der Waals surface area contributed by atoms with Gasteiger partial charge in [0, 0.05) is 11.6 Å². The van der Waals surface area contributed by atoms with Crippen LogP contribution in [0.5, 0.6) is 11.5 Å². The molecule has 0 amide bonds. The first-order chi connectivity index (χ1) is 10.6. The second-order valence-electron chi connectivity index (χ2n) is 5.72. The predicted molar refractivity (Wildman–Crippen MR) is 83.7 cm³/mol. The van der Waals surface area contributed by atoms with Crippen molar-refractivity contribution in [2.45, 2.75) is 25.9 Å². The van der Waals surface area contributed by atoms with E-state index in [1.807, 2.05) is 6.07 Å². The molecule has 0 aromatic heterocycles. The Morgan fingerprint density at radius 2 is 2.00 bits per heavy atom. The van der Waals surface area contributed by atoms with Gasteiger partial charge in [-0.15, -0.1) is 0 Å². The molecule has 1 aliphatic heterocycles. The van der Waals surface area contributed by atoms with Crippen LogP contribution in [0.2, 0.25) is 0 Å². The molecular weight excluding hydrogens is 284 g/mol. The molecule has 0 spiro atoms. The smallest absolute Gasteiger partial charge is 0.128 e. The highest BCUT2D eigenvalue weighted by atomic mass is 16.5. The molecule has 5 nitrogen and oxygen atoms in total. The highest BCUT2D eigenvalue weighted by molar-refractivity contribution is 5.50. The van der Waals surface area contributed by atoms with Gasteiger partial charge in [0.25, 0.3) is 0 Å². The van der Waals surface area contributed by atoms with Gasteiger partial charge in [-0.25, -0.2) is 0 Å². The molecule has 0 saturated carbocycles. The van der Waals surface area contributed by atoms with Crippen molar-refractivity contribution in [3.63, 3.8) is 0 Å². The third-order valence-electron chi connectivity index (χ3n) is 4.33. The van der Waals surface area contributed by atoms with E-state index in [4.69, 9.17) is 24.1 Å². The minimum absolute atomic E-state index is 0.00608. The average molecular weight is 310 g/mol.